The summed E-state index contributed by atoms with van der Waals surface area (Å²) in [4.78, 5) is 1.20. The minimum absolute atomic E-state index is 0.459. The van der Waals surface area contributed by atoms with Crippen molar-refractivity contribution in [2.75, 3.05) is 0 Å². The third-order valence-electron chi connectivity index (χ3n) is 2.56. The lowest BCUT2D eigenvalue weighted by molar-refractivity contribution is 0.821. The molecule has 2 rings (SSSR count). The van der Waals surface area contributed by atoms with Crippen molar-refractivity contribution in [3.63, 3.8) is 0 Å². The molecule has 1 aromatic rings. The third-order valence-corrected chi connectivity index (χ3v) is 3.28. The van der Waals surface area contributed by atoms with E-state index in [0.717, 1.165) is 0 Å². The summed E-state index contributed by atoms with van der Waals surface area (Å²) in [6, 6.07) is 10.6. The Morgan fingerprint density at radius 2 is 1.79 bits per heavy atom. The summed E-state index contributed by atoms with van der Waals surface area (Å²) in [5.74, 6) is 1.82. The summed E-state index contributed by atoms with van der Waals surface area (Å²) >= 11 is 3.56. The molecule has 0 nitrogen and oxygen atoms in total. The molecule has 0 spiro atoms. The molecule has 1 atom stereocenters. The Bertz CT molecular complexity index is 281. The van der Waals surface area contributed by atoms with Crippen LogP contribution in [0.2, 0.25) is 0 Å². The normalized spacial score (nSPS) is 21.3. The van der Waals surface area contributed by atoms with Crippen LogP contribution in [0.4, 0.5) is 0 Å². The van der Waals surface area contributed by atoms with Gasteiger partial charge in [0.05, 0.1) is 4.83 Å². The van der Waals surface area contributed by atoms with Gasteiger partial charge in [-0.2, -0.15) is 0 Å². The van der Waals surface area contributed by atoms with Crippen LogP contribution in [0.15, 0.2) is 30.3 Å². The van der Waals surface area contributed by atoms with E-state index in [2.05, 4.69) is 72.4 Å². The van der Waals surface area contributed by atoms with Crippen LogP contribution in [0.25, 0.3) is 0 Å². The van der Waals surface area contributed by atoms with Gasteiger partial charge in [-0.1, -0.05) is 53.2 Å². The van der Waals surface area contributed by atoms with Gasteiger partial charge in [0.1, 0.15) is 0 Å². The summed E-state index contributed by atoms with van der Waals surface area (Å²) in [6.07, 6.45) is 6.34. The molecule has 0 bridgehead atoms. The lowest BCUT2D eigenvalue weighted by Gasteiger charge is -2.21. The zero-order valence-corrected chi connectivity index (χ0v) is 9.66. The van der Waals surface area contributed by atoms with E-state index in [1.165, 1.54) is 16.3 Å². The first kappa shape index (κ1) is 10.2. The number of rotatable bonds is 2. The van der Waals surface area contributed by atoms with Crippen molar-refractivity contribution in [1.82, 2.24) is 0 Å². The fraction of sp³-hybridized carbons (Fsp3) is 0.154. The van der Waals surface area contributed by atoms with E-state index >= 15 is 0 Å². The first-order valence-electron chi connectivity index (χ1n) is 4.75. The van der Waals surface area contributed by atoms with Gasteiger partial charge in [0.15, 0.2) is 0 Å². The Labute approximate surface area is 94.8 Å². The van der Waals surface area contributed by atoms with Gasteiger partial charge in [-0.25, -0.2) is 0 Å². The number of hydrogen-bond acceptors (Lipinski definition) is 0. The second kappa shape index (κ2) is 4.48. The van der Waals surface area contributed by atoms with Crippen molar-refractivity contribution in [2.24, 2.45) is 0 Å². The first-order valence-corrected chi connectivity index (χ1v) is 5.54. The average Bonchev–Trinajstić information content (AvgIpc) is 2.65. The van der Waals surface area contributed by atoms with Crippen LogP contribution >= 0.6 is 15.9 Å². The Hall–Kier alpha value is -0.300. The molecule has 1 aliphatic rings. The molecule has 5 radical (unpaired) electrons. The van der Waals surface area contributed by atoms with Crippen LogP contribution < -0.4 is 0 Å². The van der Waals surface area contributed by atoms with Crippen LogP contribution in [0.1, 0.15) is 18.4 Å². The largest absolute Gasteiger partial charge is 0.0828 e. The molecule has 1 saturated carbocycles. The molecule has 0 amide bonds. The standard InChI is InChI=1S/C13H12Br/c1-10(11-6-3-2-4-7-11)12-8-5-9-13(12)14/h2-10H,1H3/t10-/m1/s1. The van der Waals surface area contributed by atoms with E-state index in [9.17, 15) is 0 Å². The van der Waals surface area contributed by atoms with Gasteiger partial charge < -0.3 is 0 Å². The highest BCUT2D eigenvalue weighted by Gasteiger charge is 2.32. The van der Waals surface area contributed by atoms with Crippen molar-refractivity contribution >= 4 is 15.9 Å². The van der Waals surface area contributed by atoms with Crippen LogP contribution in [-0.2, 0) is 0 Å². The highest BCUT2D eigenvalue weighted by molar-refractivity contribution is 9.11. The van der Waals surface area contributed by atoms with E-state index in [0.29, 0.717) is 5.92 Å². The van der Waals surface area contributed by atoms with E-state index in [4.69, 9.17) is 0 Å². The molecule has 1 fully saturated rings. The Kier molecular flexibility index (Phi) is 3.27. The topological polar surface area (TPSA) is 0 Å². The lowest BCUT2D eigenvalue weighted by Crippen LogP contribution is -2.07. The number of halogens is 1. The number of hydrogen-bond donors (Lipinski definition) is 0. The quantitative estimate of drug-likeness (QED) is 0.744. The summed E-state index contributed by atoms with van der Waals surface area (Å²) in [5.41, 5.74) is 1.36. The predicted octanol–water partition coefficient (Wildman–Crippen LogP) is 3.92. The van der Waals surface area contributed by atoms with Gasteiger partial charge in [-0.15, -0.1) is 0 Å². The fourth-order valence-electron chi connectivity index (χ4n) is 1.68. The Morgan fingerprint density at radius 1 is 1.07 bits per heavy atom. The second-order valence-corrected chi connectivity index (χ2v) is 4.32. The fourth-order valence-corrected chi connectivity index (χ4v) is 2.31. The second-order valence-electron chi connectivity index (χ2n) is 3.46. The zero-order valence-electron chi connectivity index (χ0n) is 8.07. The van der Waals surface area contributed by atoms with Gasteiger partial charge in [-0.05, 0) is 30.7 Å². The molecule has 14 heavy (non-hydrogen) atoms. The van der Waals surface area contributed by atoms with Gasteiger partial charge in [-0.3, -0.25) is 0 Å². The minimum Gasteiger partial charge on any atom is -0.0828 e. The molecule has 71 valence electrons. The minimum atomic E-state index is 0.459. The SMILES string of the molecule is C[C@@H]([C]1[CH][CH][CH][C]1Br)c1ccccc1. The molecule has 0 N–H and O–H groups in total. The van der Waals surface area contributed by atoms with Gasteiger partial charge in [0.25, 0.3) is 0 Å². The molecule has 0 unspecified atom stereocenters. The van der Waals surface area contributed by atoms with Gasteiger partial charge >= 0.3 is 0 Å². The van der Waals surface area contributed by atoms with E-state index in [-0.39, 0.29) is 0 Å². The molecular weight excluding hydrogens is 236 g/mol. The Balaban J connectivity index is 2.12. The molecule has 0 heterocycles. The molecule has 0 aliphatic heterocycles. The molecule has 1 aromatic carbocycles. The van der Waals surface area contributed by atoms with Gasteiger partial charge in [0.2, 0.25) is 0 Å². The van der Waals surface area contributed by atoms with Crippen LogP contribution in [0.3, 0.4) is 0 Å². The van der Waals surface area contributed by atoms with E-state index < -0.39 is 0 Å². The van der Waals surface area contributed by atoms with E-state index in [1.807, 2.05) is 0 Å². The smallest absolute Gasteiger partial charge is 0.0524 e. The molecular formula is C13H12Br. The first-order chi connectivity index (χ1) is 6.79. The van der Waals surface area contributed by atoms with Crippen molar-refractivity contribution in [1.29, 1.82) is 0 Å². The maximum absolute atomic E-state index is 3.56. The monoisotopic (exact) mass is 247 g/mol. The Morgan fingerprint density at radius 3 is 2.36 bits per heavy atom. The molecule has 1 aliphatic carbocycles. The maximum Gasteiger partial charge on any atom is 0.0524 e. The van der Waals surface area contributed by atoms with Crippen LogP contribution in [-0.4, -0.2) is 0 Å². The summed E-state index contributed by atoms with van der Waals surface area (Å²) < 4.78 is 0. The van der Waals surface area contributed by atoms with Crippen molar-refractivity contribution in [2.45, 2.75) is 12.8 Å². The van der Waals surface area contributed by atoms with Crippen molar-refractivity contribution < 1.29 is 0 Å². The third kappa shape index (κ3) is 2.03. The molecule has 0 saturated heterocycles. The van der Waals surface area contributed by atoms with E-state index in [1.54, 1.807) is 0 Å². The maximum atomic E-state index is 3.56. The highest BCUT2D eigenvalue weighted by Crippen LogP contribution is 2.45. The average molecular weight is 248 g/mol. The number of benzene rings is 1. The summed E-state index contributed by atoms with van der Waals surface area (Å²) in [5, 5.41) is 0. The van der Waals surface area contributed by atoms with Crippen molar-refractivity contribution in [3.8, 4) is 0 Å². The van der Waals surface area contributed by atoms with Crippen molar-refractivity contribution in [3.05, 3.63) is 65.9 Å². The molecule has 1 heteroatoms. The highest BCUT2D eigenvalue weighted by atomic mass is 79.9. The summed E-state index contributed by atoms with van der Waals surface area (Å²) in [7, 11) is 0. The zero-order chi connectivity index (χ0) is 9.97. The van der Waals surface area contributed by atoms with Gasteiger partial charge in [0, 0.05) is 5.92 Å². The lowest BCUT2D eigenvalue weighted by atomic mass is 9.86. The molecule has 0 aromatic heterocycles. The van der Waals surface area contributed by atoms with Crippen LogP contribution in [0, 0.1) is 30.0 Å². The predicted molar refractivity (Wildman–Crippen MR) is 63.2 cm³/mol. The summed E-state index contributed by atoms with van der Waals surface area (Å²) in [6.45, 7) is 2.23. The van der Waals surface area contributed by atoms with Crippen LogP contribution in [0.5, 0.6) is 0 Å².